The van der Waals surface area contributed by atoms with E-state index >= 15 is 0 Å². The molecular formula is C22H21N3O. The number of nitrogens with zero attached hydrogens (tertiary/aromatic N) is 3. The first kappa shape index (κ1) is 16.5. The van der Waals surface area contributed by atoms with E-state index in [-0.39, 0.29) is 11.7 Å². The second-order valence-electron chi connectivity index (χ2n) is 6.62. The normalized spacial score (nSPS) is 15.0. The van der Waals surface area contributed by atoms with E-state index < -0.39 is 0 Å². The van der Waals surface area contributed by atoms with Crippen molar-refractivity contribution in [3.8, 4) is 11.1 Å². The Kier molecular flexibility index (Phi) is 4.73. The van der Waals surface area contributed by atoms with E-state index in [1.54, 1.807) is 6.33 Å². The van der Waals surface area contributed by atoms with Gasteiger partial charge in [-0.25, -0.2) is 9.97 Å². The summed E-state index contributed by atoms with van der Waals surface area (Å²) >= 11 is 0. The highest BCUT2D eigenvalue weighted by atomic mass is 16.1. The first-order chi connectivity index (χ1) is 12.8. The van der Waals surface area contributed by atoms with Gasteiger partial charge >= 0.3 is 0 Å². The summed E-state index contributed by atoms with van der Waals surface area (Å²) in [5, 5.41) is 0. The zero-order valence-electron chi connectivity index (χ0n) is 14.6. The van der Waals surface area contributed by atoms with Crippen molar-refractivity contribution in [3.05, 3.63) is 78.8 Å². The maximum atomic E-state index is 12.7. The minimum Gasteiger partial charge on any atom is -0.356 e. The summed E-state index contributed by atoms with van der Waals surface area (Å²) in [5.41, 5.74) is 2.98. The van der Waals surface area contributed by atoms with Gasteiger partial charge in [-0.15, -0.1) is 0 Å². The maximum absolute atomic E-state index is 12.7. The molecule has 0 unspecified atom stereocenters. The number of carbonyl (C=O) groups is 1. The summed E-state index contributed by atoms with van der Waals surface area (Å²) in [6.07, 6.45) is 5.18. The molecule has 4 nitrogen and oxygen atoms in total. The Labute approximate surface area is 153 Å². The number of piperidine rings is 1. The molecule has 130 valence electrons. The molecule has 0 spiro atoms. The van der Waals surface area contributed by atoms with Crippen molar-refractivity contribution in [2.75, 3.05) is 18.0 Å². The van der Waals surface area contributed by atoms with Gasteiger partial charge in [-0.3, -0.25) is 4.79 Å². The minimum absolute atomic E-state index is 0.0932. The van der Waals surface area contributed by atoms with Gasteiger partial charge in [0.15, 0.2) is 5.78 Å². The number of ketones is 1. The molecule has 4 rings (SSSR count). The van der Waals surface area contributed by atoms with Gasteiger partial charge in [0.2, 0.25) is 0 Å². The van der Waals surface area contributed by atoms with Crippen molar-refractivity contribution in [3.63, 3.8) is 0 Å². The molecule has 1 aromatic heterocycles. The van der Waals surface area contributed by atoms with Gasteiger partial charge in [0.1, 0.15) is 12.1 Å². The fourth-order valence-corrected chi connectivity index (χ4v) is 3.59. The van der Waals surface area contributed by atoms with Crippen LogP contribution in [0, 0.1) is 5.92 Å². The Balaban J connectivity index is 1.50. The largest absolute Gasteiger partial charge is 0.356 e. The van der Waals surface area contributed by atoms with E-state index in [1.165, 1.54) is 0 Å². The van der Waals surface area contributed by atoms with Gasteiger partial charge in [-0.2, -0.15) is 0 Å². The Bertz CT molecular complexity index is 872. The van der Waals surface area contributed by atoms with E-state index in [4.69, 9.17) is 0 Å². The van der Waals surface area contributed by atoms with Crippen molar-refractivity contribution in [1.82, 2.24) is 9.97 Å². The number of Topliss-reactive ketones (excluding diaryl/α,β-unsaturated/α-hetero) is 1. The van der Waals surface area contributed by atoms with Crippen LogP contribution in [0.4, 0.5) is 5.82 Å². The number of carbonyl (C=O) groups excluding carboxylic acids is 1. The molecule has 0 atom stereocenters. The molecule has 0 radical (unpaired) electrons. The lowest BCUT2D eigenvalue weighted by Gasteiger charge is -2.33. The molecule has 0 N–H and O–H groups in total. The average Bonchev–Trinajstić information content (AvgIpc) is 2.75. The van der Waals surface area contributed by atoms with Crippen LogP contribution in [0.1, 0.15) is 23.2 Å². The number of aromatic nitrogens is 2. The summed E-state index contributed by atoms with van der Waals surface area (Å²) in [4.78, 5) is 23.7. The predicted octanol–water partition coefficient (Wildman–Crippen LogP) is 4.24. The summed E-state index contributed by atoms with van der Waals surface area (Å²) < 4.78 is 0. The number of hydrogen-bond donors (Lipinski definition) is 0. The van der Waals surface area contributed by atoms with Crippen LogP contribution in [0.15, 0.2) is 73.2 Å². The van der Waals surface area contributed by atoms with E-state index in [1.807, 2.05) is 54.7 Å². The molecule has 0 saturated carbocycles. The summed E-state index contributed by atoms with van der Waals surface area (Å²) in [5.74, 6) is 1.31. The van der Waals surface area contributed by atoms with E-state index in [2.05, 4.69) is 27.0 Å². The highest BCUT2D eigenvalue weighted by molar-refractivity contribution is 5.98. The third-order valence-electron chi connectivity index (χ3n) is 5.00. The quantitative estimate of drug-likeness (QED) is 0.665. The SMILES string of the molecule is O=C(c1ccccc1)C1CCN(c2ncncc2-c2ccccc2)CC1. The van der Waals surface area contributed by atoms with Gasteiger partial charge < -0.3 is 4.90 Å². The monoisotopic (exact) mass is 343 g/mol. The van der Waals surface area contributed by atoms with Crippen LogP contribution >= 0.6 is 0 Å². The lowest BCUT2D eigenvalue weighted by Crippen LogP contribution is -2.37. The van der Waals surface area contributed by atoms with E-state index in [0.717, 1.165) is 48.4 Å². The topological polar surface area (TPSA) is 46.1 Å². The highest BCUT2D eigenvalue weighted by Gasteiger charge is 2.27. The molecule has 1 fully saturated rings. The first-order valence-electron chi connectivity index (χ1n) is 9.02. The zero-order chi connectivity index (χ0) is 17.8. The smallest absolute Gasteiger partial charge is 0.166 e. The predicted molar refractivity (Wildman–Crippen MR) is 103 cm³/mol. The summed E-state index contributed by atoms with van der Waals surface area (Å²) in [6, 6.07) is 19.8. The number of hydrogen-bond acceptors (Lipinski definition) is 4. The Hall–Kier alpha value is -3.01. The fourth-order valence-electron chi connectivity index (χ4n) is 3.59. The highest BCUT2D eigenvalue weighted by Crippen LogP contribution is 2.31. The molecule has 0 aliphatic carbocycles. The molecule has 2 heterocycles. The molecule has 1 aliphatic rings. The summed E-state index contributed by atoms with van der Waals surface area (Å²) in [6.45, 7) is 1.67. The Morgan fingerprint density at radius 2 is 1.58 bits per heavy atom. The Morgan fingerprint density at radius 1 is 0.923 bits per heavy atom. The second kappa shape index (κ2) is 7.48. The van der Waals surface area contributed by atoms with Crippen molar-refractivity contribution in [2.24, 2.45) is 5.92 Å². The number of benzene rings is 2. The molecule has 0 bridgehead atoms. The maximum Gasteiger partial charge on any atom is 0.166 e. The van der Waals surface area contributed by atoms with Crippen LogP contribution in [-0.4, -0.2) is 28.8 Å². The molecule has 4 heteroatoms. The molecule has 1 aliphatic heterocycles. The second-order valence-corrected chi connectivity index (χ2v) is 6.62. The molecule has 0 amide bonds. The van der Waals surface area contributed by atoms with Gasteiger partial charge in [0.05, 0.1) is 0 Å². The molecular weight excluding hydrogens is 322 g/mol. The van der Waals surface area contributed by atoms with Crippen LogP contribution in [0.3, 0.4) is 0 Å². The van der Waals surface area contributed by atoms with Crippen molar-refractivity contribution in [2.45, 2.75) is 12.8 Å². The van der Waals surface area contributed by atoms with Crippen LogP contribution in [0.25, 0.3) is 11.1 Å². The standard InChI is InChI=1S/C22H21N3O/c26-21(18-9-5-2-6-10-18)19-11-13-25(14-12-19)22-20(15-23-16-24-22)17-7-3-1-4-8-17/h1-10,15-16,19H,11-14H2. The fraction of sp³-hybridized carbons (Fsp3) is 0.227. The Morgan fingerprint density at radius 3 is 2.27 bits per heavy atom. The minimum atomic E-state index is 0.0932. The lowest BCUT2D eigenvalue weighted by atomic mass is 9.88. The molecule has 2 aromatic carbocycles. The van der Waals surface area contributed by atoms with Gasteiger partial charge in [0.25, 0.3) is 0 Å². The van der Waals surface area contributed by atoms with Crippen LogP contribution < -0.4 is 4.90 Å². The van der Waals surface area contributed by atoms with Crippen LogP contribution in [0.2, 0.25) is 0 Å². The number of anilines is 1. The van der Waals surface area contributed by atoms with Crippen LogP contribution in [-0.2, 0) is 0 Å². The van der Waals surface area contributed by atoms with Gasteiger partial charge in [-0.1, -0.05) is 60.7 Å². The van der Waals surface area contributed by atoms with Gasteiger partial charge in [-0.05, 0) is 18.4 Å². The van der Waals surface area contributed by atoms with Gasteiger partial charge in [0, 0.05) is 36.3 Å². The molecule has 26 heavy (non-hydrogen) atoms. The summed E-state index contributed by atoms with van der Waals surface area (Å²) in [7, 11) is 0. The zero-order valence-corrected chi connectivity index (χ0v) is 14.6. The van der Waals surface area contributed by atoms with Crippen molar-refractivity contribution < 1.29 is 4.79 Å². The van der Waals surface area contributed by atoms with Crippen molar-refractivity contribution in [1.29, 1.82) is 0 Å². The molecule has 3 aromatic rings. The average molecular weight is 343 g/mol. The first-order valence-corrected chi connectivity index (χ1v) is 9.02. The van der Waals surface area contributed by atoms with Crippen molar-refractivity contribution >= 4 is 11.6 Å². The van der Waals surface area contributed by atoms with Crippen LogP contribution in [0.5, 0.6) is 0 Å². The third kappa shape index (κ3) is 3.36. The lowest BCUT2D eigenvalue weighted by molar-refractivity contribution is 0.0900. The molecule has 1 saturated heterocycles. The third-order valence-corrected chi connectivity index (χ3v) is 5.00. The number of rotatable bonds is 4. The van der Waals surface area contributed by atoms with E-state index in [0.29, 0.717) is 0 Å². The van der Waals surface area contributed by atoms with E-state index in [9.17, 15) is 4.79 Å².